The summed E-state index contributed by atoms with van der Waals surface area (Å²) in [6.45, 7) is 2.09. The monoisotopic (exact) mass is 208 g/mol. The van der Waals surface area contributed by atoms with Crippen molar-refractivity contribution in [1.29, 1.82) is 0 Å². The van der Waals surface area contributed by atoms with E-state index in [0.717, 1.165) is 18.5 Å². The van der Waals surface area contributed by atoms with Crippen molar-refractivity contribution < 1.29 is 0 Å². The van der Waals surface area contributed by atoms with E-state index in [0.29, 0.717) is 6.04 Å². The molecule has 0 saturated heterocycles. The van der Waals surface area contributed by atoms with Gasteiger partial charge in [-0.25, -0.2) is 0 Å². The van der Waals surface area contributed by atoms with Crippen LogP contribution in [0.25, 0.3) is 0 Å². The van der Waals surface area contributed by atoms with Gasteiger partial charge in [-0.05, 0) is 27.4 Å². The maximum Gasteiger partial charge on any atom is 0.0644 e. The molecule has 15 heavy (non-hydrogen) atoms. The molecule has 0 aliphatic heterocycles. The molecule has 2 N–H and O–H groups in total. The third-order valence-electron chi connectivity index (χ3n) is 3.33. The van der Waals surface area contributed by atoms with Crippen molar-refractivity contribution in [3.63, 3.8) is 0 Å². The van der Waals surface area contributed by atoms with E-state index in [9.17, 15) is 0 Å². The SMILES string of the molecule is Cc1nn(C)c2c1C(N(C)C)CC(N)C2. The lowest BCUT2D eigenvalue weighted by Crippen LogP contribution is -2.36. The molecule has 1 aliphatic rings. The summed E-state index contributed by atoms with van der Waals surface area (Å²) in [6.07, 6.45) is 1.99. The molecule has 1 heterocycles. The Morgan fingerprint density at radius 2 is 2.13 bits per heavy atom. The van der Waals surface area contributed by atoms with Crippen molar-refractivity contribution in [1.82, 2.24) is 14.7 Å². The van der Waals surface area contributed by atoms with Crippen molar-refractivity contribution >= 4 is 0 Å². The van der Waals surface area contributed by atoms with Crippen LogP contribution in [0.15, 0.2) is 0 Å². The van der Waals surface area contributed by atoms with E-state index in [4.69, 9.17) is 5.73 Å². The van der Waals surface area contributed by atoms with Gasteiger partial charge in [-0.15, -0.1) is 0 Å². The van der Waals surface area contributed by atoms with Crippen LogP contribution < -0.4 is 5.73 Å². The number of aryl methyl sites for hydroxylation is 2. The minimum Gasteiger partial charge on any atom is -0.327 e. The van der Waals surface area contributed by atoms with Gasteiger partial charge in [0.1, 0.15) is 0 Å². The Morgan fingerprint density at radius 1 is 1.47 bits per heavy atom. The Bertz CT molecular complexity index is 367. The van der Waals surface area contributed by atoms with Crippen LogP contribution in [-0.4, -0.2) is 34.8 Å². The largest absolute Gasteiger partial charge is 0.327 e. The Balaban J connectivity index is 2.49. The van der Waals surface area contributed by atoms with E-state index in [1.807, 2.05) is 11.7 Å². The molecule has 1 aliphatic carbocycles. The standard InChI is InChI=1S/C11H20N4/c1-7-11-9(14(2)3)5-8(12)6-10(11)15(4)13-7/h8-9H,5-6,12H2,1-4H3. The molecule has 1 aromatic heterocycles. The van der Waals surface area contributed by atoms with Gasteiger partial charge < -0.3 is 10.6 Å². The van der Waals surface area contributed by atoms with Crippen molar-refractivity contribution in [3.05, 3.63) is 17.0 Å². The third kappa shape index (κ3) is 1.68. The average molecular weight is 208 g/mol. The van der Waals surface area contributed by atoms with E-state index >= 15 is 0 Å². The summed E-state index contributed by atoms with van der Waals surface area (Å²) in [7, 11) is 6.23. The van der Waals surface area contributed by atoms with Crippen LogP contribution in [0.1, 0.15) is 29.4 Å². The fourth-order valence-electron chi connectivity index (χ4n) is 2.60. The summed E-state index contributed by atoms with van der Waals surface area (Å²) in [4.78, 5) is 2.24. The molecule has 0 saturated carbocycles. The first-order valence-electron chi connectivity index (χ1n) is 5.45. The summed E-state index contributed by atoms with van der Waals surface area (Å²) >= 11 is 0. The van der Waals surface area contributed by atoms with Gasteiger partial charge in [0.15, 0.2) is 0 Å². The van der Waals surface area contributed by atoms with Gasteiger partial charge in [0, 0.05) is 36.8 Å². The van der Waals surface area contributed by atoms with Gasteiger partial charge in [-0.3, -0.25) is 4.68 Å². The molecule has 84 valence electrons. The Hall–Kier alpha value is -0.870. The summed E-state index contributed by atoms with van der Waals surface area (Å²) in [6, 6.07) is 0.692. The van der Waals surface area contributed by atoms with Crippen molar-refractivity contribution in [3.8, 4) is 0 Å². The van der Waals surface area contributed by atoms with E-state index in [2.05, 4.69) is 31.0 Å². The molecule has 0 bridgehead atoms. The zero-order chi connectivity index (χ0) is 11.2. The lowest BCUT2D eigenvalue weighted by molar-refractivity contribution is 0.253. The predicted octanol–water partition coefficient (Wildman–Crippen LogP) is 0.605. The van der Waals surface area contributed by atoms with Gasteiger partial charge >= 0.3 is 0 Å². The van der Waals surface area contributed by atoms with Crippen LogP contribution in [0.4, 0.5) is 0 Å². The fraction of sp³-hybridized carbons (Fsp3) is 0.727. The van der Waals surface area contributed by atoms with Gasteiger partial charge in [0.25, 0.3) is 0 Å². The highest BCUT2D eigenvalue weighted by atomic mass is 15.3. The zero-order valence-electron chi connectivity index (χ0n) is 9.99. The summed E-state index contributed by atoms with van der Waals surface area (Å²) in [5, 5.41) is 4.49. The lowest BCUT2D eigenvalue weighted by atomic mass is 9.87. The van der Waals surface area contributed by atoms with Crippen LogP contribution >= 0.6 is 0 Å². The first-order valence-corrected chi connectivity index (χ1v) is 5.45. The first kappa shape index (κ1) is 10.6. The fourth-order valence-corrected chi connectivity index (χ4v) is 2.60. The lowest BCUT2D eigenvalue weighted by Gasteiger charge is -2.32. The maximum atomic E-state index is 6.09. The molecule has 4 nitrogen and oxygen atoms in total. The Labute approximate surface area is 91.1 Å². The number of fused-ring (bicyclic) bond motifs is 1. The average Bonchev–Trinajstić information content (AvgIpc) is 2.41. The van der Waals surface area contributed by atoms with Crippen molar-refractivity contribution in [2.45, 2.75) is 31.8 Å². The molecule has 0 spiro atoms. The minimum atomic E-state index is 0.264. The quantitative estimate of drug-likeness (QED) is 0.735. The summed E-state index contributed by atoms with van der Waals surface area (Å²) < 4.78 is 1.99. The van der Waals surface area contributed by atoms with Crippen LogP contribution in [-0.2, 0) is 13.5 Å². The highest BCUT2D eigenvalue weighted by Gasteiger charge is 2.30. The van der Waals surface area contributed by atoms with Crippen LogP contribution in [0, 0.1) is 6.92 Å². The second-order valence-electron chi connectivity index (χ2n) is 4.75. The second kappa shape index (κ2) is 3.61. The zero-order valence-corrected chi connectivity index (χ0v) is 9.99. The predicted molar refractivity (Wildman–Crippen MR) is 60.7 cm³/mol. The highest BCUT2D eigenvalue weighted by Crippen LogP contribution is 2.34. The number of aromatic nitrogens is 2. The topological polar surface area (TPSA) is 47.1 Å². The first-order chi connectivity index (χ1) is 7.00. The van der Waals surface area contributed by atoms with Crippen LogP contribution in [0.2, 0.25) is 0 Å². The smallest absolute Gasteiger partial charge is 0.0644 e. The van der Waals surface area contributed by atoms with E-state index in [1.165, 1.54) is 11.3 Å². The molecule has 4 heteroatoms. The van der Waals surface area contributed by atoms with E-state index in [-0.39, 0.29) is 6.04 Å². The molecule has 0 aromatic carbocycles. The number of hydrogen-bond acceptors (Lipinski definition) is 3. The highest BCUT2D eigenvalue weighted by molar-refractivity contribution is 5.32. The second-order valence-corrected chi connectivity index (χ2v) is 4.75. The van der Waals surface area contributed by atoms with Gasteiger partial charge in [0.2, 0.25) is 0 Å². The minimum absolute atomic E-state index is 0.264. The number of nitrogens with zero attached hydrogens (tertiary/aromatic N) is 3. The normalized spacial score (nSPS) is 25.7. The number of rotatable bonds is 1. The van der Waals surface area contributed by atoms with Gasteiger partial charge in [-0.1, -0.05) is 0 Å². The van der Waals surface area contributed by atoms with Gasteiger partial charge in [-0.2, -0.15) is 5.10 Å². The third-order valence-corrected chi connectivity index (χ3v) is 3.33. The summed E-state index contributed by atoms with van der Waals surface area (Å²) in [5.74, 6) is 0. The van der Waals surface area contributed by atoms with Crippen molar-refractivity contribution in [2.75, 3.05) is 14.1 Å². The molecule has 2 atom stereocenters. The van der Waals surface area contributed by atoms with Crippen LogP contribution in [0.3, 0.4) is 0 Å². The number of nitrogens with two attached hydrogens (primary N) is 1. The van der Waals surface area contributed by atoms with Crippen LogP contribution in [0.5, 0.6) is 0 Å². The number of hydrogen-bond donors (Lipinski definition) is 1. The van der Waals surface area contributed by atoms with Crippen molar-refractivity contribution in [2.24, 2.45) is 12.8 Å². The molecule has 0 radical (unpaired) electrons. The van der Waals surface area contributed by atoms with E-state index in [1.54, 1.807) is 0 Å². The molecule has 0 amide bonds. The Kier molecular flexibility index (Phi) is 2.56. The Morgan fingerprint density at radius 3 is 2.73 bits per heavy atom. The molecule has 2 rings (SSSR count). The molecule has 1 aromatic rings. The maximum absolute atomic E-state index is 6.09. The molecular formula is C11H20N4. The molecule has 2 unspecified atom stereocenters. The van der Waals surface area contributed by atoms with E-state index < -0.39 is 0 Å². The summed E-state index contributed by atoms with van der Waals surface area (Å²) in [5.41, 5.74) is 9.94. The van der Waals surface area contributed by atoms with Gasteiger partial charge in [0.05, 0.1) is 5.69 Å². The molecular weight excluding hydrogens is 188 g/mol. The molecule has 0 fully saturated rings.